The molecule has 4 aromatic rings. The van der Waals surface area contributed by atoms with Gasteiger partial charge in [-0.1, -0.05) is 30.3 Å². The maximum Gasteiger partial charge on any atom is 0.120 e. The monoisotopic (exact) mass is 330 g/mol. The lowest BCUT2D eigenvalue weighted by atomic mass is 10.1. The van der Waals surface area contributed by atoms with E-state index in [9.17, 15) is 0 Å². The predicted molar refractivity (Wildman–Crippen MR) is 105 cm³/mol. The molecule has 0 aliphatic heterocycles. The molecule has 0 aliphatic rings. The van der Waals surface area contributed by atoms with Gasteiger partial charge in [-0.05, 0) is 42.8 Å². The Morgan fingerprint density at radius 2 is 1.72 bits per heavy atom. The van der Waals surface area contributed by atoms with Crippen LogP contribution < -0.4 is 10.1 Å². The van der Waals surface area contributed by atoms with Crippen molar-refractivity contribution in [3.8, 4) is 5.75 Å². The van der Waals surface area contributed by atoms with Crippen LogP contribution in [0.1, 0.15) is 12.5 Å². The van der Waals surface area contributed by atoms with E-state index < -0.39 is 0 Å². The number of aromatic nitrogens is 1. The average molecular weight is 330 g/mol. The summed E-state index contributed by atoms with van der Waals surface area (Å²) >= 11 is 0. The van der Waals surface area contributed by atoms with Crippen LogP contribution >= 0.6 is 0 Å². The number of hydrogen-bond donors (Lipinski definition) is 1. The summed E-state index contributed by atoms with van der Waals surface area (Å²) in [5.74, 6) is 0.867. The standard InChI is InChI=1S/C22H22N2O/c1-3-24-21-10-5-4-9-19(21)20-13-16(11-12-22(20)24)15-23-17-7-6-8-18(14-17)25-2/h4-14,23H,3,15H2,1-2H3. The van der Waals surface area contributed by atoms with Gasteiger partial charge in [-0.15, -0.1) is 0 Å². The van der Waals surface area contributed by atoms with Crippen molar-refractivity contribution in [2.45, 2.75) is 20.0 Å². The molecule has 0 radical (unpaired) electrons. The highest BCUT2D eigenvalue weighted by atomic mass is 16.5. The van der Waals surface area contributed by atoms with Gasteiger partial charge in [0.1, 0.15) is 5.75 Å². The van der Waals surface area contributed by atoms with Crippen LogP contribution in [0.5, 0.6) is 5.75 Å². The van der Waals surface area contributed by atoms with Gasteiger partial charge in [-0.2, -0.15) is 0 Å². The number of hydrogen-bond acceptors (Lipinski definition) is 2. The third-order valence-electron chi connectivity index (χ3n) is 4.72. The van der Waals surface area contributed by atoms with E-state index >= 15 is 0 Å². The maximum atomic E-state index is 5.29. The molecule has 0 amide bonds. The molecule has 0 atom stereocenters. The van der Waals surface area contributed by atoms with Gasteiger partial charge in [0.25, 0.3) is 0 Å². The number of nitrogens with one attached hydrogen (secondary N) is 1. The van der Waals surface area contributed by atoms with Gasteiger partial charge in [0.15, 0.2) is 0 Å². The largest absolute Gasteiger partial charge is 0.497 e. The third kappa shape index (κ3) is 2.82. The lowest BCUT2D eigenvalue weighted by Crippen LogP contribution is -1.99. The van der Waals surface area contributed by atoms with Gasteiger partial charge in [-0.3, -0.25) is 0 Å². The molecular formula is C22H22N2O. The molecule has 0 unspecified atom stereocenters. The second-order valence-corrected chi connectivity index (χ2v) is 6.20. The van der Waals surface area contributed by atoms with Gasteiger partial charge in [0, 0.05) is 46.6 Å². The molecule has 0 bridgehead atoms. The first kappa shape index (κ1) is 15.6. The number of fused-ring (bicyclic) bond motifs is 3. The summed E-state index contributed by atoms with van der Waals surface area (Å²) in [5.41, 5.74) is 4.94. The quantitative estimate of drug-likeness (QED) is 0.528. The van der Waals surface area contributed by atoms with E-state index in [0.29, 0.717) is 0 Å². The lowest BCUT2D eigenvalue weighted by Gasteiger charge is -2.09. The van der Waals surface area contributed by atoms with E-state index in [2.05, 4.69) is 65.3 Å². The first-order valence-electron chi connectivity index (χ1n) is 8.68. The summed E-state index contributed by atoms with van der Waals surface area (Å²) < 4.78 is 7.66. The minimum absolute atomic E-state index is 0.786. The zero-order valence-corrected chi connectivity index (χ0v) is 14.6. The fraction of sp³-hybridized carbons (Fsp3) is 0.182. The average Bonchev–Trinajstić information content (AvgIpc) is 2.99. The second kappa shape index (κ2) is 6.52. The molecular weight excluding hydrogens is 308 g/mol. The molecule has 25 heavy (non-hydrogen) atoms. The van der Waals surface area contributed by atoms with Crippen LogP contribution in [-0.2, 0) is 13.1 Å². The molecule has 1 aromatic heterocycles. The molecule has 3 nitrogen and oxygen atoms in total. The Kier molecular flexibility index (Phi) is 4.06. The van der Waals surface area contributed by atoms with Crippen molar-refractivity contribution >= 4 is 27.5 Å². The minimum Gasteiger partial charge on any atom is -0.497 e. The van der Waals surface area contributed by atoms with Crippen LogP contribution in [0.3, 0.4) is 0 Å². The molecule has 0 spiro atoms. The number of anilines is 1. The van der Waals surface area contributed by atoms with Crippen molar-refractivity contribution in [2.24, 2.45) is 0 Å². The highest BCUT2D eigenvalue weighted by molar-refractivity contribution is 6.08. The van der Waals surface area contributed by atoms with Crippen molar-refractivity contribution in [3.63, 3.8) is 0 Å². The molecule has 1 N–H and O–H groups in total. The molecule has 0 aliphatic carbocycles. The summed E-state index contributed by atoms with van der Waals surface area (Å²) in [6.45, 7) is 3.96. The molecule has 3 aromatic carbocycles. The molecule has 0 saturated heterocycles. The van der Waals surface area contributed by atoms with E-state index in [1.807, 2.05) is 18.2 Å². The number of ether oxygens (including phenoxy) is 1. The molecule has 4 rings (SSSR count). The molecule has 3 heteroatoms. The zero-order valence-electron chi connectivity index (χ0n) is 14.6. The first-order chi connectivity index (χ1) is 12.3. The summed E-state index contributed by atoms with van der Waals surface area (Å²) in [6.07, 6.45) is 0. The molecule has 126 valence electrons. The zero-order chi connectivity index (χ0) is 17.2. The number of para-hydroxylation sites is 1. The summed E-state index contributed by atoms with van der Waals surface area (Å²) in [4.78, 5) is 0. The molecule has 0 fully saturated rings. The van der Waals surface area contributed by atoms with Crippen molar-refractivity contribution in [2.75, 3.05) is 12.4 Å². The molecule has 0 saturated carbocycles. The van der Waals surface area contributed by atoms with E-state index in [-0.39, 0.29) is 0 Å². The summed E-state index contributed by atoms with van der Waals surface area (Å²) in [5, 5.41) is 6.13. The SMILES string of the molecule is CCn1c2ccccc2c2cc(CNc3cccc(OC)c3)ccc21. The van der Waals surface area contributed by atoms with Crippen molar-refractivity contribution in [1.29, 1.82) is 0 Å². The molecule has 1 heterocycles. The number of benzene rings is 3. The smallest absolute Gasteiger partial charge is 0.120 e. The Morgan fingerprint density at radius 1 is 0.880 bits per heavy atom. The Morgan fingerprint density at radius 3 is 2.56 bits per heavy atom. The Bertz CT molecular complexity index is 1030. The highest BCUT2D eigenvalue weighted by Gasteiger charge is 2.09. The number of rotatable bonds is 5. The summed E-state index contributed by atoms with van der Waals surface area (Å²) in [6, 6.07) is 23.4. The topological polar surface area (TPSA) is 26.2 Å². The van der Waals surface area contributed by atoms with Crippen LogP contribution in [0.4, 0.5) is 5.69 Å². The highest BCUT2D eigenvalue weighted by Crippen LogP contribution is 2.30. The maximum absolute atomic E-state index is 5.29. The van der Waals surface area contributed by atoms with Crippen LogP contribution in [0.15, 0.2) is 66.7 Å². The second-order valence-electron chi connectivity index (χ2n) is 6.20. The van der Waals surface area contributed by atoms with Crippen LogP contribution in [0.25, 0.3) is 21.8 Å². The predicted octanol–water partition coefficient (Wildman–Crippen LogP) is 5.44. The fourth-order valence-corrected chi connectivity index (χ4v) is 3.49. The summed E-state index contributed by atoms with van der Waals surface area (Å²) in [7, 11) is 1.69. The van der Waals surface area contributed by atoms with Gasteiger partial charge >= 0.3 is 0 Å². The first-order valence-corrected chi connectivity index (χ1v) is 8.68. The van der Waals surface area contributed by atoms with E-state index in [1.54, 1.807) is 7.11 Å². The van der Waals surface area contributed by atoms with E-state index in [0.717, 1.165) is 24.5 Å². The fourth-order valence-electron chi connectivity index (χ4n) is 3.49. The van der Waals surface area contributed by atoms with Gasteiger partial charge < -0.3 is 14.6 Å². The van der Waals surface area contributed by atoms with Crippen LogP contribution in [-0.4, -0.2) is 11.7 Å². The number of methoxy groups -OCH3 is 1. The Balaban J connectivity index is 1.68. The van der Waals surface area contributed by atoms with Crippen molar-refractivity contribution in [1.82, 2.24) is 4.57 Å². The minimum atomic E-state index is 0.786. The van der Waals surface area contributed by atoms with Crippen LogP contribution in [0, 0.1) is 0 Å². The number of aryl methyl sites for hydroxylation is 1. The van der Waals surface area contributed by atoms with Gasteiger partial charge in [0.05, 0.1) is 7.11 Å². The lowest BCUT2D eigenvalue weighted by molar-refractivity contribution is 0.415. The van der Waals surface area contributed by atoms with Crippen molar-refractivity contribution < 1.29 is 4.74 Å². The van der Waals surface area contributed by atoms with E-state index in [4.69, 9.17) is 4.74 Å². The Hall–Kier alpha value is -2.94. The van der Waals surface area contributed by atoms with Gasteiger partial charge in [0.2, 0.25) is 0 Å². The van der Waals surface area contributed by atoms with Gasteiger partial charge in [-0.25, -0.2) is 0 Å². The van der Waals surface area contributed by atoms with Crippen LogP contribution in [0.2, 0.25) is 0 Å². The van der Waals surface area contributed by atoms with E-state index in [1.165, 1.54) is 27.4 Å². The Labute approximate surface area is 147 Å². The normalized spacial score (nSPS) is 11.1. The van der Waals surface area contributed by atoms with Crippen molar-refractivity contribution in [3.05, 3.63) is 72.3 Å². The number of nitrogens with zero attached hydrogens (tertiary/aromatic N) is 1. The third-order valence-corrected chi connectivity index (χ3v) is 4.72.